The highest BCUT2D eigenvalue weighted by Crippen LogP contribution is 2.70. The first-order valence-electron chi connectivity index (χ1n) is 7.97. The Morgan fingerprint density at radius 2 is 2.00 bits per heavy atom. The molecule has 3 rings (SSSR count). The summed E-state index contributed by atoms with van der Waals surface area (Å²) >= 11 is 0. The van der Waals surface area contributed by atoms with Gasteiger partial charge in [0, 0.05) is 18.3 Å². The molecule has 4 nitrogen and oxygen atoms in total. The smallest absolute Gasteiger partial charge is 0.324 e. The highest BCUT2D eigenvalue weighted by molar-refractivity contribution is 6.74. The summed E-state index contributed by atoms with van der Waals surface area (Å²) < 4.78 is 12.2. The Labute approximate surface area is 133 Å². The van der Waals surface area contributed by atoms with Crippen LogP contribution in [0.5, 0.6) is 0 Å². The Kier molecular flexibility index (Phi) is 2.98. The molecular weight excluding hydrogens is 296 g/mol. The van der Waals surface area contributed by atoms with Gasteiger partial charge in [-0.05, 0) is 30.6 Å². The van der Waals surface area contributed by atoms with Crippen LogP contribution in [-0.2, 0) is 18.8 Å². The van der Waals surface area contributed by atoms with Gasteiger partial charge in [-0.25, -0.2) is 0 Å². The van der Waals surface area contributed by atoms with E-state index in [4.69, 9.17) is 9.16 Å². The van der Waals surface area contributed by atoms with Gasteiger partial charge in [-0.2, -0.15) is 0 Å². The second-order valence-electron chi connectivity index (χ2n) is 8.84. The lowest BCUT2D eigenvalue weighted by atomic mass is 9.51. The Morgan fingerprint density at radius 3 is 2.50 bits per heavy atom. The molecule has 0 bridgehead atoms. The molecule has 0 spiro atoms. The standard InChI is InChI=1S/C17H26O4Si/c1-10-12-13-11(20-14(19)17(10,13)9-18)8-16(12,5)21-22(6,7)15(2,3)4/h9,11-13H,1,8H2,2-7H3/t11-,12-,13-,16-,17+/m0/s1. The maximum atomic E-state index is 12.1. The SMILES string of the molecule is C=C1[C@H]2[C@@H]3[C@H](C[C@]2(C)O[Si](C)(C)C(C)(C)C)OC(=O)[C@]13C=O. The molecule has 2 aliphatic carbocycles. The van der Waals surface area contributed by atoms with Gasteiger partial charge in [0.1, 0.15) is 12.4 Å². The average molecular weight is 322 g/mol. The van der Waals surface area contributed by atoms with E-state index in [9.17, 15) is 9.59 Å². The van der Waals surface area contributed by atoms with Crippen LogP contribution in [0.25, 0.3) is 0 Å². The van der Waals surface area contributed by atoms with Gasteiger partial charge in [-0.15, -0.1) is 0 Å². The lowest BCUT2D eigenvalue weighted by Gasteiger charge is -2.53. The molecule has 22 heavy (non-hydrogen) atoms. The van der Waals surface area contributed by atoms with E-state index in [0.717, 1.165) is 6.29 Å². The predicted molar refractivity (Wildman–Crippen MR) is 85.8 cm³/mol. The lowest BCUT2D eigenvalue weighted by Crippen LogP contribution is -2.60. The van der Waals surface area contributed by atoms with Crippen LogP contribution >= 0.6 is 0 Å². The van der Waals surface area contributed by atoms with Gasteiger partial charge >= 0.3 is 5.97 Å². The molecule has 0 amide bonds. The van der Waals surface area contributed by atoms with E-state index in [1.165, 1.54) is 0 Å². The first-order valence-corrected chi connectivity index (χ1v) is 10.9. The third-order valence-corrected chi connectivity index (χ3v) is 11.1. The van der Waals surface area contributed by atoms with E-state index < -0.39 is 19.7 Å². The van der Waals surface area contributed by atoms with Gasteiger partial charge in [0.05, 0.1) is 5.60 Å². The van der Waals surface area contributed by atoms with Gasteiger partial charge in [0.2, 0.25) is 0 Å². The molecule has 2 saturated carbocycles. The van der Waals surface area contributed by atoms with Crippen LogP contribution < -0.4 is 0 Å². The van der Waals surface area contributed by atoms with E-state index >= 15 is 0 Å². The topological polar surface area (TPSA) is 52.6 Å². The van der Waals surface area contributed by atoms with Gasteiger partial charge in [0.15, 0.2) is 13.7 Å². The molecule has 1 aliphatic heterocycles. The summed E-state index contributed by atoms with van der Waals surface area (Å²) in [4.78, 5) is 23.7. The summed E-state index contributed by atoms with van der Waals surface area (Å²) in [6.45, 7) is 17.3. The molecule has 0 aromatic heterocycles. The number of rotatable bonds is 3. The third-order valence-electron chi connectivity index (χ3n) is 6.53. The fourth-order valence-corrected chi connectivity index (χ4v) is 6.11. The summed E-state index contributed by atoms with van der Waals surface area (Å²) in [7, 11) is -1.96. The van der Waals surface area contributed by atoms with Crippen LogP contribution in [0.15, 0.2) is 12.2 Å². The number of ether oxygens (including phenoxy) is 1. The minimum absolute atomic E-state index is 0.0447. The normalized spacial score (nSPS) is 43.6. The Bertz CT molecular complexity index is 576. The van der Waals surface area contributed by atoms with Crippen molar-refractivity contribution >= 4 is 20.6 Å². The average Bonchev–Trinajstić information content (AvgIpc) is 2.69. The molecule has 3 fully saturated rings. The molecule has 122 valence electrons. The molecule has 5 atom stereocenters. The van der Waals surface area contributed by atoms with Crippen molar-refractivity contribution in [3.8, 4) is 0 Å². The number of hydrogen-bond donors (Lipinski definition) is 0. The summed E-state index contributed by atoms with van der Waals surface area (Å²) in [5.41, 5.74) is -0.786. The molecule has 0 unspecified atom stereocenters. The first kappa shape index (κ1) is 15.9. The highest BCUT2D eigenvalue weighted by atomic mass is 28.4. The molecule has 0 N–H and O–H groups in total. The minimum Gasteiger partial charge on any atom is -0.461 e. The van der Waals surface area contributed by atoms with Gasteiger partial charge in [-0.3, -0.25) is 4.79 Å². The lowest BCUT2D eigenvalue weighted by molar-refractivity contribution is -0.155. The summed E-state index contributed by atoms with van der Waals surface area (Å²) in [6, 6.07) is 0. The van der Waals surface area contributed by atoms with E-state index in [-0.39, 0.29) is 28.6 Å². The Morgan fingerprint density at radius 1 is 1.41 bits per heavy atom. The zero-order valence-corrected chi connectivity index (χ0v) is 15.4. The van der Waals surface area contributed by atoms with Crippen molar-refractivity contribution in [2.24, 2.45) is 17.3 Å². The van der Waals surface area contributed by atoms with Crippen LogP contribution in [0.2, 0.25) is 18.1 Å². The predicted octanol–water partition coefficient (Wildman–Crippen LogP) is 3.08. The molecule has 1 saturated heterocycles. The van der Waals surface area contributed by atoms with Crippen molar-refractivity contribution in [1.82, 2.24) is 0 Å². The quantitative estimate of drug-likeness (QED) is 0.263. The molecule has 0 aromatic rings. The molecule has 5 heteroatoms. The van der Waals surface area contributed by atoms with Crippen molar-refractivity contribution < 1.29 is 18.8 Å². The highest BCUT2D eigenvalue weighted by Gasteiger charge is 2.78. The maximum Gasteiger partial charge on any atom is 0.324 e. The van der Waals surface area contributed by atoms with E-state index in [1.807, 2.05) is 0 Å². The number of hydrogen-bond acceptors (Lipinski definition) is 4. The number of carbonyl (C=O) groups excluding carboxylic acids is 2. The van der Waals surface area contributed by atoms with Crippen LogP contribution in [0.4, 0.5) is 0 Å². The molecule has 0 aromatic carbocycles. The Hall–Kier alpha value is -0.943. The van der Waals surface area contributed by atoms with Crippen molar-refractivity contribution in [2.45, 2.75) is 64.0 Å². The van der Waals surface area contributed by atoms with Crippen molar-refractivity contribution in [2.75, 3.05) is 0 Å². The number of esters is 1. The molecule has 0 radical (unpaired) electrons. The maximum absolute atomic E-state index is 12.1. The summed E-state index contributed by atoms with van der Waals surface area (Å²) in [6.07, 6.45) is 1.20. The Balaban J connectivity index is 1.93. The molecular formula is C17H26O4Si. The minimum atomic E-state index is -1.96. The summed E-state index contributed by atoms with van der Waals surface area (Å²) in [5, 5.41) is 0.108. The zero-order valence-electron chi connectivity index (χ0n) is 14.4. The number of carbonyl (C=O) groups is 2. The summed E-state index contributed by atoms with van der Waals surface area (Å²) in [5.74, 6) is -0.448. The van der Waals surface area contributed by atoms with Crippen molar-refractivity contribution in [1.29, 1.82) is 0 Å². The fraction of sp³-hybridized carbons (Fsp3) is 0.765. The second-order valence-corrected chi connectivity index (χ2v) is 13.6. The van der Waals surface area contributed by atoms with E-state index in [0.29, 0.717) is 12.0 Å². The van der Waals surface area contributed by atoms with Crippen molar-refractivity contribution in [3.05, 3.63) is 12.2 Å². The van der Waals surface area contributed by atoms with E-state index in [2.05, 4.69) is 47.4 Å². The van der Waals surface area contributed by atoms with Crippen LogP contribution in [0, 0.1) is 17.3 Å². The second kappa shape index (κ2) is 4.12. The van der Waals surface area contributed by atoms with Gasteiger partial charge < -0.3 is 14.0 Å². The zero-order chi connectivity index (χ0) is 16.7. The van der Waals surface area contributed by atoms with E-state index in [1.54, 1.807) is 0 Å². The van der Waals surface area contributed by atoms with Gasteiger partial charge in [0.25, 0.3) is 0 Å². The number of aldehydes is 1. The third kappa shape index (κ3) is 1.61. The molecule has 1 heterocycles. The fourth-order valence-electron chi connectivity index (χ4n) is 4.43. The largest absolute Gasteiger partial charge is 0.461 e. The van der Waals surface area contributed by atoms with Gasteiger partial charge in [-0.1, -0.05) is 27.4 Å². The van der Waals surface area contributed by atoms with Crippen molar-refractivity contribution in [3.63, 3.8) is 0 Å². The first-order chi connectivity index (χ1) is 9.91. The monoisotopic (exact) mass is 322 g/mol. The van der Waals surface area contributed by atoms with Crippen LogP contribution in [-0.4, -0.2) is 32.3 Å². The van der Waals surface area contributed by atoms with Crippen LogP contribution in [0.1, 0.15) is 34.1 Å². The molecule has 3 aliphatic rings. The van der Waals surface area contributed by atoms with Crippen LogP contribution in [0.3, 0.4) is 0 Å².